The van der Waals surface area contributed by atoms with E-state index in [-0.39, 0.29) is 29.9 Å². The minimum absolute atomic E-state index is 0.0146. The van der Waals surface area contributed by atoms with Crippen LogP contribution in [0.1, 0.15) is 64.7 Å². The Labute approximate surface area is 133 Å². The molecule has 126 valence electrons. The van der Waals surface area contributed by atoms with E-state index in [0.717, 1.165) is 51.4 Å². The van der Waals surface area contributed by atoms with E-state index in [9.17, 15) is 14.7 Å². The Morgan fingerprint density at radius 2 is 1.86 bits per heavy atom. The van der Waals surface area contributed by atoms with Crippen LogP contribution in [0.3, 0.4) is 0 Å². The van der Waals surface area contributed by atoms with Crippen molar-refractivity contribution < 1.29 is 14.7 Å². The molecule has 3 unspecified atom stereocenters. The van der Waals surface area contributed by atoms with Gasteiger partial charge in [-0.15, -0.1) is 0 Å². The zero-order chi connectivity index (χ0) is 15.9. The first-order chi connectivity index (χ1) is 10.5. The molecule has 3 atom stereocenters. The van der Waals surface area contributed by atoms with Gasteiger partial charge in [-0.2, -0.15) is 0 Å². The quantitative estimate of drug-likeness (QED) is 0.699. The third-order valence-electron chi connectivity index (χ3n) is 4.95. The molecule has 0 heterocycles. The minimum Gasteiger partial charge on any atom is -0.393 e. The molecule has 22 heavy (non-hydrogen) atoms. The highest BCUT2D eigenvalue weighted by molar-refractivity contribution is 5.81. The summed E-state index contributed by atoms with van der Waals surface area (Å²) < 4.78 is 0. The van der Waals surface area contributed by atoms with Crippen LogP contribution in [0, 0.1) is 11.8 Å². The van der Waals surface area contributed by atoms with E-state index in [0.29, 0.717) is 18.9 Å². The van der Waals surface area contributed by atoms with Crippen LogP contribution in [0.25, 0.3) is 0 Å². The minimum atomic E-state index is -0.208. The molecular weight excluding hydrogens is 280 g/mol. The lowest BCUT2D eigenvalue weighted by atomic mass is 9.87. The molecule has 0 bridgehead atoms. The third kappa shape index (κ3) is 5.59. The molecule has 2 saturated carbocycles. The van der Waals surface area contributed by atoms with Crippen LogP contribution >= 0.6 is 0 Å². The molecule has 2 amide bonds. The van der Waals surface area contributed by atoms with Crippen molar-refractivity contribution in [3.05, 3.63) is 0 Å². The molecule has 5 heteroatoms. The van der Waals surface area contributed by atoms with Gasteiger partial charge in [0.1, 0.15) is 0 Å². The number of amides is 2. The summed E-state index contributed by atoms with van der Waals surface area (Å²) in [5, 5.41) is 15.5. The first-order valence-corrected chi connectivity index (χ1v) is 8.79. The van der Waals surface area contributed by atoms with Crippen LogP contribution < -0.4 is 10.6 Å². The SMILES string of the molecule is CC(CC(=O)NCC1CCCC(O)C1)NC(=O)C1CCCC1. The van der Waals surface area contributed by atoms with Crippen molar-refractivity contribution in [3.63, 3.8) is 0 Å². The highest BCUT2D eigenvalue weighted by Crippen LogP contribution is 2.25. The van der Waals surface area contributed by atoms with Gasteiger partial charge in [-0.1, -0.05) is 19.3 Å². The number of carbonyl (C=O) groups excluding carboxylic acids is 2. The summed E-state index contributed by atoms with van der Waals surface area (Å²) in [6.07, 6.45) is 8.14. The second-order valence-electron chi connectivity index (χ2n) is 7.09. The number of aliphatic hydroxyl groups excluding tert-OH is 1. The third-order valence-corrected chi connectivity index (χ3v) is 4.95. The van der Waals surface area contributed by atoms with Gasteiger partial charge >= 0.3 is 0 Å². The van der Waals surface area contributed by atoms with E-state index < -0.39 is 0 Å². The monoisotopic (exact) mass is 310 g/mol. The van der Waals surface area contributed by atoms with Crippen LogP contribution in [0.15, 0.2) is 0 Å². The summed E-state index contributed by atoms with van der Waals surface area (Å²) in [5.41, 5.74) is 0. The van der Waals surface area contributed by atoms with Crippen LogP contribution in [0.5, 0.6) is 0 Å². The molecular formula is C17H30N2O3. The van der Waals surface area contributed by atoms with Gasteiger partial charge in [-0.3, -0.25) is 9.59 Å². The van der Waals surface area contributed by atoms with E-state index >= 15 is 0 Å². The Morgan fingerprint density at radius 1 is 1.14 bits per heavy atom. The van der Waals surface area contributed by atoms with Crippen LogP contribution in [0.4, 0.5) is 0 Å². The van der Waals surface area contributed by atoms with Gasteiger partial charge < -0.3 is 15.7 Å². The fourth-order valence-corrected chi connectivity index (χ4v) is 3.66. The van der Waals surface area contributed by atoms with Crippen molar-refractivity contribution in [1.82, 2.24) is 10.6 Å². The lowest BCUT2D eigenvalue weighted by Gasteiger charge is -2.26. The van der Waals surface area contributed by atoms with Gasteiger partial charge in [-0.25, -0.2) is 0 Å². The fraction of sp³-hybridized carbons (Fsp3) is 0.882. The van der Waals surface area contributed by atoms with Crippen molar-refractivity contribution >= 4 is 11.8 Å². The average Bonchev–Trinajstić information content (AvgIpc) is 2.99. The lowest BCUT2D eigenvalue weighted by molar-refractivity contribution is -0.126. The molecule has 0 saturated heterocycles. The molecule has 0 radical (unpaired) electrons. The van der Waals surface area contributed by atoms with Gasteiger partial charge in [-0.05, 0) is 44.9 Å². The highest BCUT2D eigenvalue weighted by atomic mass is 16.3. The van der Waals surface area contributed by atoms with Crippen molar-refractivity contribution in [2.75, 3.05) is 6.54 Å². The van der Waals surface area contributed by atoms with E-state index in [4.69, 9.17) is 0 Å². The Morgan fingerprint density at radius 3 is 2.55 bits per heavy atom. The highest BCUT2D eigenvalue weighted by Gasteiger charge is 2.24. The summed E-state index contributed by atoms with van der Waals surface area (Å²) >= 11 is 0. The maximum Gasteiger partial charge on any atom is 0.223 e. The second kappa shape index (κ2) is 8.51. The number of aliphatic hydroxyl groups is 1. The molecule has 3 N–H and O–H groups in total. The van der Waals surface area contributed by atoms with Crippen molar-refractivity contribution in [1.29, 1.82) is 0 Å². The predicted molar refractivity (Wildman–Crippen MR) is 85.2 cm³/mol. The molecule has 2 aliphatic carbocycles. The lowest BCUT2D eigenvalue weighted by Crippen LogP contribution is -2.41. The van der Waals surface area contributed by atoms with Crippen molar-refractivity contribution in [3.8, 4) is 0 Å². The van der Waals surface area contributed by atoms with Gasteiger partial charge in [0.15, 0.2) is 0 Å². The largest absolute Gasteiger partial charge is 0.393 e. The fourth-order valence-electron chi connectivity index (χ4n) is 3.66. The zero-order valence-corrected chi connectivity index (χ0v) is 13.6. The number of hydrogen-bond acceptors (Lipinski definition) is 3. The molecule has 0 spiro atoms. The van der Waals surface area contributed by atoms with Crippen LogP contribution in [-0.2, 0) is 9.59 Å². The first-order valence-electron chi connectivity index (χ1n) is 8.79. The van der Waals surface area contributed by atoms with Crippen molar-refractivity contribution in [2.24, 2.45) is 11.8 Å². The molecule has 2 aliphatic rings. The van der Waals surface area contributed by atoms with Gasteiger partial charge in [0.2, 0.25) is 11.8 Å². The standard InChI is InChI=1S/C17H30N2O3/c1-12(19-17(22)14-6-2-3-7-14)9-16(21)18-11-13-5-4-8-15(20)10-13/h12-15,20H,2-11H2,1H3,(H,18,21)(H,19,22). The molecule has 0 aliphatic heterocycles. The second-order valence-corrected chi connectivity index (χ2v) is 7.09. The van der Waals surface area contributed by atoms with E-state index in [1.165, 1.54) is 0 Å². The number of nitrogens with one attached hydrogen (secondary N) is 2. The topological polar surface area (TPSA) is 78.4 Å². The Bertz CT molecular complexity index is 380. The van der Waals surface area contributed by atoms with Gasteiger partial charge in [0, 0.05) is 24.9 Å². The van der Waals surface area contributed by atoms with Crippen LogP contribution in [0.2, 0.25) is 0 Å². The summed E-state index contributed by atoms with van der Waals surface area (Å²) in [7, 11) is 0. The molecule has 0 aromatic carbocycles. The normalized spacial score (nSPS) is 27.4. The summed E-state index contributed by atoms with van der Waals surface area (Å²) in [6.45, 7) is 2.52. The van der Waals surface area contributed by atoms with E-state index in [1.54, 1.807) is 0 Å². The summed E-state index contributed by atoms with van der Waals surface area (Å²) in [5.74, 6) is 0.623. The summed E-state index contributed by atoms with van der Waals surface area (Å²) in [4.78, 5) is 24.0. The van der Waals surface area contributed by atoms with E-state index in [1.807, 2.05) is 6.92 Å². The molecule has 0 aromatic heterocycles. The summed E-state index contributed by atoms with van der Waals surface area (Å²) in [6, 6.07) is -0.120. The number of rotatable bonds is 6. The smallest absolute Gasteiger partial charge is 0.223 e. The average molecular weight is 310 g/mol. The van der Waals surface area contributed by atoms with Crippen molar-refractivity contribution in [2.45, 2.75) is 76.9 Å². The maximum atomic E-state index is 12.0. The van der Waals surface area contributed by atoms with E-state index in [2.05, 4.69) is 10.6 Å². The Balaban J connectivity index is 1.62. The molecule has 5 nitrogen and oxygen atoms in total. The first kappa shape index (κ1) is 17.3. The molecule has 2 rings (SSSR count). The van der Waals surface area contributed by atoms with Gasteiger partial charge in [0.05, 0.1) is 6.10 Å². The van der Waals surface area contributed by atoms with Gasteiger partial charge in [0.25, 0.3) is 0 Å². The predicted octanol–water partition coefficient (Wildman–Crippen LogP) is 1.74. The molecule has 0 aromatic rings. The maximum absolute atomic E-state index is 12.0. The zero-order valence-electron chi connectivity index (χ0n) is 13.6. The number of hydrogen-bond donors (Lipinski definition) is 3. The molecule has 2 fully saturated rings. The van der Waals surface area contributed by atoms with Crippen LogP contribution in [-0.4, -0.2) is 35.6 Å². The Kier molecular flexibility index (Phi) is 6.68. The number of carbonyl (C=O) groups is 2. The Hall–Kier alpha value is -1.10.